The van der Waals surface area contributed by atoms with Crippen LogP contribution >= 0.6 is 11.6 Å². The smallest absolute Gasteiger partial charge is 0.149 e. The molecule has 0 bridgehead atoms. The van der Waals surface area contributed by atoms with Crippen molar-refractivity contribution in [1.82, 2.24) is 9.78 Å². The Morgan fingerprint density at radius 2 is 2.20 bits per heavy atom. The standard InChI is InChI=1S/C15H17ClFN3/c1-20-15(18)13(10-6-3-7-11(16)14(10)17)12(19-20)8-9-4-2-5-9/h3,6-7,9H,2,4-5,8,18H2,1H3. The van der Waals surface area contributed by atoms with Crippen molar-refractivity contribution in [3.05, 3.63) is 34.7 Å². The van der Waals surface area contributed by atoms with Crippen molar-refractivity contribution in [2.75, 3.05) is 5.73 Å². The summed E-state index contributed by atoms with van der Waals surface area (Å²) in [6, 6.07) is 4.98. The summed E-state index contributed by atoms with van der Waals surface area (Å²) in [5.41, 5.74) is 8.09. The highest BCUT2D eigenvalue weighted by Gasteiger charge is 2.25. The molecule has 1 aliphatic rings. The van der Waals surface area contributed by atoms with E-state index >= 15 is 0 Å². The van der Waals surface area contributed by atoms with Gasteiger partial charge in [0, 0.05) is 18.2 Å². The van der Waals surface area contributed by atoms with Crippen LogP contribution in [0.4, 0.5) is 10.2 Å². The molecule has 5 heteroatoms. The molecule has 0 atom stereocenters. The van der Waals surface area contributed by atoms with E-state index in [1.165, 1.54) is 19.3 Å². The number of nitrogens with two attached hydrogens (primary N) is 1. The summed E-state index contributed by atoms with van der Waals surface area (Å²) < 4.78 is 15.9. The van der Waals surface area contributed by atoms with Crippen LogP contribution in [0.25, 0.3) is 11.1 Å². The number of benzene rings is 1. The molecule has 3 rings (SSSR count). The highest BCUT2D eigenvalue weighted by atomic mass is 35.5. The largest absolute Gasteiger partial charge is 0.383 e. The molecular formula is C15H17ClFN3. The zero-order valence-corrected chi connectivity index (χ0v) is 12.1. The molecule has 2 aromatic rings. The first-order valence-electron chi connectivity index (χ1n) is 6.83. The molecule has 106 valence electrons. The second-order valence-corrected chi connectivity index (χ2v) is 5.84. The molecular weight excluding hydrogens is 277 g/mol. The van der Waals surface area contributed by atoms with Gasteiger partial charge < -0.3 is 5.73 Å². The molecule has 0 amide bonds. The van der Waals surface area contributed by atoms with Gasteiger partial charge in [-0.1, -0.05) is 43.0 Å². The lowest BCUT2D eigenvalue weighted by molar-refractivity contribution is 0.311. The topological polar surface area (TPSA) is 43.8 Å². The molecule has 1 saturated carbocycles. The number of anilines is 1. The predicted octanol–water partition coefficient (Wildman–Crippen LogP) is 3.80. The van der Waals surface area contributed by atoms with Gasteiger partial charge in [0.1, 0.15) is 11.6 Å². The van der Waals surface area contributed by atoms with Crippen molar-refractivity contribution >= 4 is 17.4 Å². The van der Waals surface area contributed by atoms with Gasteiger partial charge in [0.05, 0.1) is 10.7 Å². The SMILES string of the molecule is Cn1nc(CC2CCC2)c(-c2cccc(Cl)c2F)c1N. The van der Waals surface area contributed by atoms with Gasteiger partial charge in [0.25, 0.3) is 0 Å². The minimum Gasteiger partial charge on any atom is -0.383 e. The zero-order chi connectivity index (χ0) is 14.3. The van der Waals surface area contributed by atoms with Crippen molar-refractivity contribution in [2.24, 2.45) is 13.0 Å². The number of hydrogen-bond donors (Lipinski definition) is 1. The number of aryl methyl sites for hydroxylation is 1. The lowest BCUT2D eigenvalue weighted by Crippen LogP contribution is -2.14. The Morgan fingerprint density at radius 3 is 2.85 bits per heavy atom. The van der Waals surface area contributed by atoms with Crippen LogP contribution in [-0.2, 0) is 13.5 Å². The van der Waals surface area contributed by atoms with Gasteiger partial charge in [-0.3, -0.25) is 4.68 Å². The van der Waals surface area contributed by atoms with Crippen LogP contribution < -0.4 is 5.73 Å². The molecule has 0 saturated heterocycles. The van der Waals surface area contributed by atoms with E-state index in [-0.39, 0.29) is 5.02 Å². The maximum Gasteiger partial charge on any atom is 0.149 e. The first-order valence-corrected chi connectivity index (χ1v) is 7.21. The van der Waals surface area contributed by atoms with Crippen molar-refractivity contribution in [3.8, 4) is 11.1 Å². The molecule has 1 fully saturated rings. The lowest BCUT2D eigenvalue weighted by Gasteiger charge is -2.24. The number of aromatic nitrogens is 2. The molecule has 3 nitrogen and oxygen atoms in total. The maximum absolute atomic E-state index is 14.3. The normalized spacial score (nSPS) is 15.3. The molecule has 0 radical (unpaired) electrons. The lowest BCUT2D eigenvalue weighted by atomic mass is 9.81. The van der Waals surface area contributed by atoms with E-state index in [4.69, 9.17) is 17.3 Å². The third kappa shape index (κ3) is 2.18. The molecule has 0 spiro atoms. The van der Waals surface area contributed by atoms with Crippen LogP contribution in [0, 0.1) is 11.7 Å². The number of rotatable bonds is 3. The van der Waals surface area contributed by atoms with Gasteiger partial charge in [-0.25, -0.2) is 4.39 Å². The zero-order valence-electron chi connectivity index (χ0n) is 11.4. The minimum atomic E-state index is -0.427. The third-order valence-electron chi connectivity index (χ3n) is 4.09. The fraction of sp³-hybridized carbons (Fsp3) is 0.400. The van der Waals surface area contributed by atoms with Crippen LogP contribution in [0.15, 0.2) is 18.2 Å². The van der Waals surface area contributed by atoms with Gasteiger partial charge in [0.2, 0.25) is 0 Å². The Morgan fingerprint density at radius 1 is 1.45 bits per heavy atom. The second-order valence-electron chi connectivity index (χ2n) is 5.43. The van der Waals surface area contributed by atoms with E-state index in [1.807, 2.05) is 0 Å². The van der Waals surface area contributed by atoms with E-state index in [0.29, 0.717) is 22.9 Å². The Kier molecular flexibility index (Phi) is 3.42. The molecule has 1 aromatic heterocycles. The van der Waals surface area contributed by atoms with E-state index in [1.54, 1.807) is 29.9 Å². The summed E-state index contributed by atoms with van der Waals surface area (Å²) >= 11 is 5.88. The molecule has 20 heavy (non-hydrogen) atoms. The van der Waals surface area contributed by atoms with Crippen molar-refractivity contribution in [3.63, 3.8) is 0 Å². The second kappa shape index (κ2) is 5.09. The average Bonchev–Trinajstić information content (AvgIpc) is 2.64. The monoisotopic (exact) mass is 293 g/mol. The number of halogens is 2. The third-order valence-corrected chi connectivity index (χ3v) is 4.38. The Labute approximate surface area is 122 Å². The molecule has 2 N–H and O–H groups in total. The first-order chi connectivity index (χ1) is 9.58. The fourth-order valence-electron chi connectivity index (χ4n) is 2.70. The number of nitrogens with zero attached hydrogens (tertiary/aromatic N) is 2. The quantitative estimate of drug-likeness (QED) is 0.935. The summed E-state index contributed by atoms with van der Waals surface area (Å²) in [6.07, 6.45) is 4.56. The summed E-state index contributed by atoms with van der Waals surface area (Å²) in [7, 11) is 1.78. The fourth-order valence-corrected chi connectivity index (χ4v) is 2.87. The van der Waals surface area contributed by atoms with Gasteiger partial charge in [0.15, 0.2) is 0 Å². The Balaban J connectivity index is 2.09. The summed E-state index contributed by atoms with van der Waals surface area (Å²) in [5, 5.41) is 4.57. The number of hydrogen-bond acceptors (Lipinski definition) is 2. The van der Waals surface area contributed by atoms with Gasteiger partial charge in [-0.2, -0.15) is 5.10 Å². The van der Waals surface area contributed by atoms with E-state index < -0.39 is 5.82 Å². The van der Waals surface area contributed by atoms with Crippen molar-refractivity contribution in [2.45, 2.75) is 25.7 Å². The van der Waals surface area contributed by atoms with Crippen LogP contribution in [0.2, 0.25) is 5.02 Å². The van der Waals surface area contributed by atoms with E-state index in [9.17, 15) is 4.39 Å². The molecule has 0 unspecified atom stereocenters. The Hall–Kier alpha value is -1.55. The molecule has 0 aliphatic heterocycles. The highest BCUT2D eigenvalue weighted by molar-refractivity contribution is 6.31. The van der Waals surface area contributed by atoms with Crippen molar-refractivity contribution in [1.29, 1.82) is 0 Å². The van der Waals surface area contributed by atoms with Crippen LogP contribution in [-0.4, -0.2) is 9.78 Å². The van der Waals surface area contributed by atoms with Crippen LogP contribution in [0.5, 0.6) is 0 Å². The average molecular weight is 294 g/mol. The van der Waals surface area contributed by atoms with Crippen LogP contribution in [0.3, 0.4) is 0 Å². The Bertz CT molecular complexity index is 647. The predicted molar refractivity (Wildman–Crippen MR) is 79.1 cm³/mol. The highest BCUT2D eigenvalue weighted by Crippen LogP contribution is 2.37. The summed E-state index contributed by atoms with van der Waals surface area (Å²) in [4.78, 5) is 0. The van der Waals surface area contributed by atoms with E-state index in [2.05, 4.69) is 5.10 Å². The van der Waals surface area contributed by atoms with Gasteiger partial charge in [-0.05, 0) is 18.4 Å². The minimum absolute atomic E-state index is 0.111. The van der Waals surface area contributed by atoms with Gasteiger partial charge in [-0.15, -0.1) is 0 Å². The molecule has 1 aromatic carbocycles. The molecule has 1 heterocycles. The van der Waals surface area contributed by atoms with E-state index in [0.717, 1.165) is 12.1 Å². The summed E-state index contributed by atoms with van der Waals surface area (Å²) in [5.74, 6) is 0.703. The first kappa shape index (κ1) is 13.4. The van der Waals surface area contributed by atoms with Crippen molar-refractivity contribution < 1.29 is 4.39 Å². The number of nitrogen functional groups attached to an aromatic ring is 1. The summed E-state index contributed by atoms with van der Waals surface area (Å²) in [6.45, 7) is 0. The maximum atomic E-state index is 14.3. The van der Waals surface area contributed by atoms with Gasteiger partial charge >= 0.3 is 0 Å². The molecule has 1 aliphatic carbocycles. The van der Waals surface area contributed by atoms with Crippen LogP contribution in [0.1, 0.15) is 25.0 Å².